The molecule has 0 radical (unpaired) electrons. The molecule has 0 aromatic rings. The Balaban J connectivity index is 4.10. The molecule has 0 saturated carbocycles. The van der Waals surface area contributed by atoms with Crippen LogP contribution in [0.2, 0.25) is 0 Å². The summed E-state index contributed by atoms with van der Waals surface area (Å²) in [4.78, 5) is 0.620. The second kappa shape index (κ2) is 10.7. The van der Waals surface area contributed by atoms with E-state index >= 15 is 0 Å². The minimum atomic E-state index is 0.166. The molecule has 0 spiro atoms. The van der Waals surface area contributed by atoms with Gasteiger partial charge in [-0.1, -0.05) is 0 Å². The van der Waals surface area contributed by atoms with Crippen LogP contribution < -0.4 is 20.1 Å². The predicted molar refractivity (Wildman–Crippen MR) is 103 cm³/mol. The molecule has 0 heterocycles. The molecule has 0 amide bonds. The molecular formula is H14IP12-. The first-order chi connectivity index (χ1) is 5.86. The summed E-state index contributed by atoms with van der Waals surface area (Å²) in [6.45, 7) is 0.503. The monoisotopic (exact) mass is 513 g/mol. The zero-order valence-corrected chi connectivity index (χ0v) is 21.4. The Kier molecular flexibility index (Phi) is 15.5. The maximum absolute atomic E-state index is 3.11. The van der Waals surface area contributed by atoms with Crippen LogP contribution in [-0.4, -0.2) is 0 Å². The van der Waals surface area contributed by atoms with Gasteiger partial charge in [0.2, 0.25) is 0 Å². The summed E-state index contributed by atoms with van der Waals surface area (Å²) in [6.07, 6.45) is 0. The second-order valence-electron chi connectivity index (χ2n) is 1.74. The Morgan fingerprint density at radius 3 is 1.23 bits per heavy atom. The van der Waals surface area contributed by atoms with Crippen LogP contribution in [0.1, 0.15) is 0 Å². The van der Waals surface area contributed by atoms with E-state index < -0.39 is 0 Å². The summed E-state index contributed by atoms with van der Waals surface area (Å²) in [5.41, 5.74) is 0. The van der Waals surface area contributed by atoms with Crippen molar-refractivity contribution in [2.45, 2.75) is 0 Å². The molecule has 8 unspecified atom stereocenters. The van der Waals surface area contributed by atoms with Gasteiger partial charge in [0.1, 0.15) is 0 Å². The second-order valence-corrected chi connectivity index (χ2v) is 60.5. The van der Waals surface area contributed by atoms with Gasteiger partial charge < -0.3 is 0 Å². The maximum atomic E-state index is 3.11. The number of rotatable bonds is 5. The fraction of sp³-hybridized carbons (Fsp3) is 0. The van der Waals surface area contributed by atoms with E-state index in [2.05, 4.69) is 62.5 Å². The van der Waals surface area contributed by atoms with Gasteiger partial charge in [-0.05, 0) is 0 Å². The average Bonchev–Trinajstić information content (AvgIpc) is 1.97. The minimum absolute atomic E-state index is 0.166. The van der Waals surface area contributed by atoms with Crippen LogP contribution in [-0.2, 0) is 0 Å². The third-order valence-corrected chi connectivity index (χ3v) is 101. The molecule has 0 aromatic carbocycles. The Morgan fingerprint density at radius 2 is 1.00 bits per heavy atom. The van der Waals surface area contributed by atoms with E-state index in [9.17, 15) is 0 Å². The van der Waals surface area contributed by atoms with E-state index in [1.165, 1.54) is 0 Å². The molecule has 0 N–H and O–H groups in total. The molecule has 0 aliphatic rings. The van der Waals surface area contributed by atoms with Gasteiger partial charge in [-0.2, -0.15) is 0 Å². The quantitative estimate of drug-likeness (QED) is 0.390. The molecule has 0 aromatic heterocycles. The first-order valence-electron chi connectivity index (χ1n) is 2.75. The normalized spacial score (nSPS) is 15.3. The van der Waals surface area contributed by atoms with Gasteiger partial charge in [-0.15, -0.1) is 0 Å². The van der Waals surface area contributed by atoms with Crippen molar-refractivity contribution in [1.82, 2.24) is 0 Å². The molecule has 13 heavy (non-hydrogen) atoms. The fourth-order valence-electron chi connectivity index (χ4n) is 0.306. The van der Waals surface area contributed by atoms with Crippen molar-refractivity contribution in [2.24, 2.45) is 0 Å². The van der Waals surface area contributed by atoms with Crippen molar-refractivity contribution in [2.75, 3.05) is 0 Å². The van der Waals surface area contributed by atoms with Crippen LogP contribution in [0, 0.1) is 0 Å². The summed E-state index contributed by atoms with van der Waals surface area (Å²) in [5.74, 6) is 0. The third-order valence-electron chi connectivity index (χ3n) is 0.747. The molecule has 82 valence electrons. The van der Waals surface area contributed by atoms with Gasteiger partial charge in [-0.25, -0.2) is 0 Å². The van der Waals surface area contributed by atoms with Crippen LogP contribution in [0.4, 0.5) is 0 Å². The van der Waals surface area contributed by atoms with Crippen molar-refractivity contribution in [3.05, 3.63) is 0 Å². The van der Waals surface area contributed by atoms with E-state index in [1.807, 2.05) is 0 Å². The van der Waals surface area contributed by atoms with Crippen LogP contribution in [0.3, 0.4) is 0 Å². The Labute approximate surface area is 112 Å². The predicted octanol–water partition coefficient (Wildman–Crippen LogP) is 3.59. The van der Waals surface area contributed by atoms with Crippen LogP contribution in [0.15, 0.2) is 0 Å². The van der Waals surface area contributed by atoms with E-state index in [0.29, 0.717) is 25.0 Å². The van der Waals surface area contributed by atoms with Crippen molar-refractivity contribution in [1.29, 1.82) is 0 Å². The Bertz CT molecular complexity index is 119. The van der Waals surface area contributed by atoms with Gasteiger partial charge in [-0.3, -0.25) is 0 Å². The van der Waals surface area contributed by atoms with Crippen LogP contribution in [0.25, 0.3) is 0 Å². The molecule has 0 rings (SSSR count). The molecule has 13 heteroatoms. The van der Waals surface area contributed by atoms with E-state index in [0.717, 1.165) is 0 Å². The number of halogens is 1. The molecule has 0 fully saturated rings. The van der Waals surface area contributed by atoms with Crippen molar-refractivity contribution in [3.63, 3.8) is 0 Å². The molecule has 0 aliphatic heterocycles. The molecule has 0 bridgehead atoms. The fourth-order valence-corrected chi connectivity index (χ4v) is 130. The Hall–Kier alpha value is 5.89. The van der Waals surface area contributed by atoms with Gasteiger partial charge in [0.25, 0.3) is 0 Å². The number of hydrogen-bond acceptors (Lipinski definition) is 0. The van der Waals surface area contributed by atoms with E-state index in [4.69, 9.17) is 0 Å². The SMILES string of the molecule is PP(P)P(P)[I-]P(P(P)P)P(P)P. The standard InChI is InChI=1S/H14IP12/c2-9(11(3)4)1-10(12(5)6)13(7)8/h2-8H2/q-1. The van der Waals surface area contributed by atoms with Gasteiger partial charge >= 0.3 is 113 Å². The molecular weight excluding hydrogens is 499 g/mol. The zero-order chi connectivity index (χ0) is 10.6. The summed E-state index contributed by atoms with van der Waals surface area (Å²) in [5, 5.41) is 0. The third kappa shape index (κ3) is 9.43. The summed E-state index contributed by atoms with van der Waals surface area (Å²) < 4.78 is 0. The van der Waals surface area contributed by atoms with Crippen LogP contribution in [0.5, 0.6) is 0 Å². The Morgan fingerprint density at radius 1 is 0.615 bits per heavy atom. The van der Waals surface area contributed by atoms with Gasteiger partial charge in [0.15, 0.2) is 0 Å². The van der Waals surface area contributed by atoms with Crippen molar-refractivity contribution < 1.29 is 20.1 Å². The van der Waals surface area contributed by atoms with Crippen molar-refractivity contribution in [3.8, 4) is 0 Å². The summed E-state index contributed by atoms with van der Waals surface area (Å²) >= 11 is 0.429. The van der Waals surface area contributed by atoms with Gasteiger partial charge in [0, 0.05) is 0 Å². The summed E-state index contributed by atoms with van der Waals surface area (Å²) in [6, 6.07) is 0. The van der Waals surface area contributed by atoms with Crippen LogP contribution >= 0.6 is 93.3 Å². The van der Waals surface area contributed by atoms with E-state index in [-0.39, 0.29) is 25.9 Å². The topological polar surface area (TPSA) is 0 Å². The average molecular weight is 513 g/mol. The molecule has 0 aliphatic carbocycles. The zero-order valence-electron chi connectivity index (χ0n) is 6.66. The summed E-state index contributed by atoms with van der Waals surface area (Å²) in [7, 11) is 21.2. The number of hydrogen-bond donors (Lipinski definition) is 0. The first-order valence-corrected chi connectivity index (χ1v) is 28.5. The molecule has 0 nitrogen and oxygen atoms in total. The first kappa shape index (κ1) is 18.9. The molecule has 0 saturated heterocycles. The van der Waals surface area contributed by atoms with E-state index in [1.54, 1.807) is 0 Å². The van der Waals surface area contributed by atoms with Gasteiger partial charge in [0.05, 0.1) is 0 Å². The molecule has 8 atom stereocenters. The van der Waals surface area contributed by atoms with Crippen molar-refractivity contribution >= 4 is 93.3 Å².